The Balaban J connectivity index is 1.28. The van der Waals surface area contributed by atoms with Gasteiger partial charge in [-0.2, -0.15) is 0 Å². The molecule has 6 amide bonds. The van der Waals surface area contributed by atoms with Gasteiger partial charge in [-0.1, -0.05) is 36.4 Å². The first-order chi connectivity index (χ1) is 21.6. The largest absolute Gasteiger partial charge is 0.453 e. The maximum Gasteiger partial charge on any atom is 0.411 e. The normalized spacial score (nSPS) is 10.2. The Labute approximate surface area is 260 Å². The van der Waals surface area contributed by atoms with Crippen LogP contribution < -0.4 is 31.9 Å². The average molecular weight is 611 g/mol. The fourth-order valence-electron chi connectivity index (χ4n) is 4.22. The molecule has 0 fully saturated rings. The van der Waals surface area contributed by atoms with Gasteiger partial charge in [-0.15, -0.1) is 0 Å². The quantitative estimate of drug-likeness (QED) is 0.121. The molecule has 12 nitrogen and oxygen atoms in total. The van der Waals surface area contributed by atoms with E-state index in [1.54, 1.807) is 36.4 Å². The Hall–Kier alpha value is -6.04. The fourth-order valence-corrected chi connectivity index (χ4v) is 4.22. The third kappa shape index (κ3) is 9.48. The fraction of sp³-hybridized carbons (Fsp3) is 0.152. The predicted octanol–water partition coefficient (Wildman–Crippen LogP) is 7.54. The van der Waals surface area contributed by atoms with Gasteiger partial charge in [-0.05, 0) is 91.1 Å². The molecule has 0 saturated heterocycles. The molecule has 45 heavy (non-hydrogen) atoms. The van der Waals surface area contributed by atoms with Crippen molar-refractivity contribution < 1.29 is 28.7 Å². The van der Waals surface area contributed by atoms with Gasteiger partial charge in [0.15, 0.2) is 0 Å². The van der Waals surface area contributed by atoms with Crippen molar-refractivity contribution in [3.63, 3.8) is 0 Å². The SMILES string of the molecule is COC(=O)Nc1ccc(C)c(NC(=O)Nc2ccc(Cc3ccc(NC(=O)Nc4cc(NC(=O)OC)ccc4C)cc3)cc2)c1. The van der Waals surface area contributed by atoms with Crippen molar-refractivity contribution in [1.29, 1.82) is 0 Å². The second-order valence-electron chi connectivity index (χ2n) is 10.0. The molecule has 0 radical (unpaired) electrons. The second-order valence-corrected chi connectivity index (χ2v) is 10.0. The molecule has 12 heteroatoms. The first-order valence-electron chi connectivity index (χ1n) is 13.9. The van der Waals surface area contributed by atoms with Crippen LogP contribution in [0, 0.1) is 13.8 Å². The van der Waals surface area contributed by atoms with Crippen molar-refractivity contribution in [3.8, 4) is 0 Å². The molecular weight excluding hydrogens is 576 g/mol. The third-order valence-corrected chi connectivity index (χ3v) is 6.67. The zero-order valence-electron chi connectivity index (χ0n) is 25.2. The second kappa shape index (κ2) is 14.9. The van der Waals surface area contributed by atoms with E-state index in [4.69, 9.17) is 0 Å². The van der Waals surface area contributed by atoms with Crippen molar-refractivity contribution in [2.75, 3.05) is 46.1 Å². The monoisotopic (exact) mass is 610 g/mol. The van der Waals surface area contributed by atoms with E-state index >= 15 is 0 Å². The average Bonchev–Trinajstić information content (AvgIpc) is 3.02. The van der Waals surface area contributed by atoms with Gasteiger partial charge in [0.2, 0.25) is 0 Å². The molecule has 6 N–H and O–H groups in total. The number of nitrogens with one attached hydrogen (secondary N) is 6. The predicted molar refractivity (Wildman–Crippen MR) is 175 cm³/mol. The number of hydrogen-bond acceptors (Lipinski definition) is 6. The molecule has 0 atom stereocenters. The molecule has 0 aromatic heterocycles. The number of aryl methyl sites for hydroxylation is 2. The molecule has 0 spiro atoms. The smallest absolute Gasteiger partial charge is 0.411 e. The summed E-state index contributed by atoms with van der Waals surface area (Å²) in [4.78, 5) is 48.2. The maximum absolute atomic E-state index is 12.6. The minimum atomic E-state index is -0.601. The zero-order valence-corrected chi connectivity index (χ0v) is 25.2. The molecule has 0 bridgehead atoms. The number of amides is 6. The van der Waals surface area contributed by atoms with Crippen LogP contribution in [0.2, 0.25) is 0 Å². The number of carbonyl (C=O) groups excluding carboxylic acids is 4. The van der Waals surface area contributed by atoms with Gasteiger partial charge >= 0.3 is 24.2 Å². The van der Waals surface area contributed by atoms with Crippen molar-refractivity contribution in [2.45, 2.75) is 20.3 Å². The summed E-state index contributed by atoms with van der Waals surface area (Å²) in [6.45, 7) is 3.69. The van der Waals surface area contributed by atoms with E-state index in [0.717, 1.165) is 22.3 Å². The minimum absolute atomic E-state index is 0.422. The molecule has 0 aliphatic heterocycles. The number of anilines is 6. The Morgan fingerprint density at radius 2 is 0.844 bits per heavy atom. The lowest BCUT2D eigenvalue weighted by molar-refractivity contribution is 0.186. The highest BCUT2D eigenvalue weighted by molar-refractivity contribution is 6.01. The molecule has 4 aromatic carbocycles. The summed E-state index contributed by atoms with van der Waals surface area (Å²) in [6.07, 6.45) is -0.553. The summed E-state index contributed by atoms with van der Waals surface area (Å²) < 4.78 is 9.21. The molecule has 0 saturated carbocycles. The summed E-state index contributed by atoms with van der Waals surface area (Å²) in [5, 5.41) is 16.3. The highest BCUT2D eigenvalue weighted by Crippen LogP contribution is 2.23. The number of carbonyl (C=O) groups is 4. The first kappa shape index (κ1) is 31.9. The Bertz CT molecular complexity index is 1560. The summed E-state index contributed by atoms with van der Waals surface area (Å²) in [7, 11) is 2.55. The van der Waals surface area contributed by atoms with Crippen LogP contribution in [0.15, 0.2) is 84.9 Å². The maximum atomic E-state index is 12.6. The van der Waals surface area contributed by atoms with Crippen LogP contribution in [0.25, 0.3) is 0 Å². The topological polar surface area (TPSA) is 159 Å². The highest BCUT2D eigenvalue weighted by Gasteiger charge is 2.10. The van der Waals surface area contributed by atoms with Gasteiger partial charge in [0.05, 0.1) is 14.2 Å². The van der Waals surface area contributed by atoms with E-state index in [1.165, 1.54) is 14.2 Å². The number of hydrogen-bond donors (Lipinski definition) is 6. The zero-order chi connectivity index (χ0) is 32.3. The number of benzene rings is 4. The lowest BCUT2D eigenvalue weighted by atomic mass is 10.0. The molecule has 0 aliphatic rings. The van der Waals surface area contributed by atoms with E-state index in [1.807, 2.05) is 62.4 Å². The standard InChI is InChI=1S/C33H34N6O6/c1-20-5-11-26(36-32(42)44-3)18-28(20)38-30(40)34-24-13-7-22(8-14-24)17-23-9-15-25(16-10-23)35-31(41)39-29-19-27(12-6-21(29)2)37-33(43)45-4/h5-16,18-19H,17H2,1-4H3,(H,36,42)(H,37,43)(H2,34,38,40)(H2,35,39,41). The van der Waals surface area contributed by atoms with E-state index in [0.29, 0.717) is 40.5 Å². The lowest BCUT2D eigenvalue weighted by Crippen LogP contribution is -2.20. The van der Waals surface area contributed by atoms with Gasteiger partial charge in [0.1, 0.15) is 0 Å². The van der Waals surface area contributed by atoms with Crippen molar-refractivity contribution in [3.05, 3.63) is 107 Å². The Kier molecular flexibility index (Phi) is 10.6. The van der Waals surface area contributed by atoms with Crippen LogP contribution in [0.5, 0.6) is 0 Å². The molecule has 4 aromatic rings. The van der Waals surface area contributed by atoms with Crippen LogP contribution in [0.3, 0.4) is 0 Å². The van der Waals surface area contributed by atoms with Gasteiger partial charge in [-0.3, -0.25) is 10.6 Å². The summed E-state index contributed by atoms with van der Waals surface area (Å²) in [6, 6.07) is 24.4. The highest BCUT2D eigenvalue weighted by atomic mass is 16.5. The van der Waals surface area contributed by atoms with Gasteiger partial charge in [-0.25, -0.2) is 19.2 Å². The summed E-state index contributed by atoms with van der Waals surface area (Å²) in [5.41, 5.74) is 7.03. The Morgan fingerprint density at radius 3 is 1.20 bits per heavy atom. The number of methoxy groups -OCH3 is 2. The number of rotatable bonds is 8. The summed E-state index contributed by atoms with van der Waals surface area (Å²) in [5.74, 6) is 0. The van der Waals surface area contributed by atoms with Crippen LogP contribution in [0.1, 0.15) is 22.3 Å². The van der Waals surface area contributed by atoms with Crippen molar-refractivity contribution >= 4 is 58.4 Å². The van der Waals surface area contributed by atoms with Crippen molar-refractivity contribution in [1.82, 2.24) is 0 Å². The van der Waals surface area contributed by atoms with Gasteiger partial charge in [0.25, 0.3) is 0 Å². The van der Waals surface area contributed by atoms with Crippen LogP contribution in [-0.4, -0.2) is 38.5 Å². The van der Waals surface area contributed by atoms with Crippen LogP contribution >= 0.6 is 0 Å². The minimum Gasteiger partial charge on any atom is -0.453 e. The van der Waals surface area contributed by atoms with Gasteiger partial charge in [0, 0.05) is 34.1 Å². The van der Waals surface area contributed by atoms with Crippen LogP contribution in [-0.2, 0) is 15.9 Å². The molecular formula is C33H34N6O6. The first-order valence-corrected chi connectivity index (χ1v) is 13.9. The lowest BCUT2D eigenvalue weighted by Gasteiger charge is -2.13. The van der Waals surface area contributed by atoms with Crippen molar-refractivity contribution in [2.24, 2.45) is 0 Å². The third-order valence-electron chi connectivity index (χ3n) is 6.67. The number of ether oxygens (including phenoxy) is 2. The van der Waals surface area contributed by atoms with E-state index in [2.05, 4.69) is 41.4 Å². The molecule has 0 unspecified atom stereocenters. The van der Waals surface area contributed by atoms with E-state index in [9.17, 15) is 19.2 Å². The van der Waals surface area contributed by atoms with E-state index in [-0.39, 0.29) is 0 Å². The molecule has 0 aliphatic carbocycles. The molecule has 4 rings (SSSR count). The molecule has 0 heterocycles. The van der Waals surface area contributed by atoms with Crippen LogP contribution in [0.4, 0.5) is 53.3 Å². The van der Waals surface area contributed by atoms with Gasteiger partial charge < -0.3 is 30.7 Å². The Morgan fingerprint density at radius 1 is 0.489 bits per heavy atom. The summed E-state index contributed by atoms with van der Waals surface area (Å²) >= 11 is 0. The number of urea groups is 2. The molecule has 232 valence electrons. The van der Waals surface area contributed by atoms with E-state index < -0.39 is 24.2 Å².